The Morgan fingerprint density at radius 2 is 1.73 bits per heavy atom. The van der Waals surface area contributed by atoms with E-state index >= 15 is 0 Å². The Hall–Kier alpha value is -2.98. The molecule has 2 aromatic rings. The molecule has 2 aromatic carbocycles. The molecule has 0 aromatic heterocycles. The SMILES string of the molecule is C[C@H](C(=O)NC1CCCCC1)N(Cc1ccc(Cl)cc1)C(=O)CN(c1ccc2c(c1)OCO2)S(C)(=O)=O. The number of sulfonamides is 1. The van der Waals surface area contributed by atoms with Crippen LogP contribution in [0.15, 0.2) is 42.5 Å². The summed E-state index contributed by atoms with van der Waals surface area (Å²) in [6.45, 7) is 1.34. The summed E-state index contributed by atoms with van der Waals surface area (Å²) in [5.74, 6) is 0.130. The lowest BCUT2D eigenvalue weighted by Gasteiger charge is -2.33. The number of anilines is 1. The molecular formula is C26H32ClN3O6S. The molecule has 0 radical (unpaired) electrons. The number of rotatable bonds is 9. The molecule has 1 heterocycles. The normalized spacial score (nSPS) is 16.2. The number of nitrogens with zero attached hydrogens (tertiary/aromatic N) is 2. The van der Waals surface area contributed by atoms with Gasteiger partial charge in [0.15, 0.2) is 11.5 Å². The summed E-state index contributed by atoms with van der Waals surface area (Å²) in [4.78, 5) is 28.3. The number of hydrogen-bond donors (Lipinski definition) is 1. The number of halogens is 1. The van der Waals surface area contributed by atoms with Crippen molar-refractivity contribution in [3.63, 3.8) is 0 Å². The van der Waals surface area contributed by atoms with Crippen LogP contribution in [0.4, 0.5) is 5.69 Å². The average molecular weight is 550 g/mol. The highest BCUT2D eigenvalue weighted by atomic mass is 35.5. The molecule has 11 heteroatoms. The van der Waals surface area contributed by atoms with E-state index in [9.17, 15) is 18.0 Å². The number of ether oxygens (including phenoxy) is 2. The fourth-order valence-electron chi connectivity index (χ4n) is 4.59. The van der Waals surface area contributed by atoms with E-state index in [1.807, 2.05) is 0 Å². The van der Waals surface area contributed by atoms with Crippen molar-refractivity contribution in [3.8, 4) is 11.5 Å². The van der Waals surface area contributed by atoms with Gasteiger partial charge in [0, 0.05) is 23.7 Å². The lowest BCUT2D eigenvalue weighted by molar-refractivity contribution is -0.139. The van der Waals surface area contributed by atoms with Crippen LogP contribution in [0.5, 0.6) is 11.5 Å². The fraction of sp³-hybridized carbons (Fsp3) is 0.462. The average Bonchev–Trinajstić information content (AvgIpc) is 3.34. The maximum Gasteiger partial charge on any atom is 0.244 e. The van der Waals surface area contributed by atoms with Crippen LogP contribution in [-0.4, -0.2) is 56.8 Å². The van der Waals surface area contributed by atoms with E-state index in [0.29, 0.717) is 16.5 Å². The first-order valence-electron chi connectivity index (χ1n) is 12.3. The molecule has 2 amide bonds. The summed E-state index contributed by atoms with van der Waals surface area (Å²) < 4.78 is 37.2. The van der Waals surface area contributed by atoms with Crippen LogP contribution in [0, 0.1) is 0 Å². The zero-order chi connectivity index (χ0) is 26.6. The van der Waals surface area contributed by atoms with Crippen LogP contribution < -0.4 is 19.1 Å². The molecule has 0 bridgehead atoms. The molecule has 1 atom stereocenters. The topological polar surface area (TPSA) is 105 Å². The highest BCUT2D eigenvalue weighted by Crippen LogP contribution is 2.36. The molecule has 37 heavy (non-hydrogen) atoms. The summed E-state index contributed by atoms with van der Waals surface area (Å²) >= 11 is 6.02. The number of benzene rings is 2. The van der Waals surface area contributed by atoms with Gasteiger partial charge in [-0.15, -0.1) is 0 Å². The van der Waals surface area contributed by atoms with Crippen molar-refractivity contribution in [3.05, 3.63) is 53.1 Å². The molecule has 4 rings (SSSR count). The van der Waals surface area contributed by atoms with E-state index in [1.165, 1.54) is 11.0 Å². The quantitative estimate of drug-likeness (QED) is 0.511. The molecule has 1 N–H and O–H groups in total. The first-order valence-corrected chi connectivity index (χ1v) is 14.6. The standard InChI is InChI=1S/C26H32ClN3O6S/c1-18(26(32)28-21-6-4-3-5-7-21)29(15-19-8-10-20(27)11-9-19)25(31)16-30(37(2,33)34)22-12-13-23-24(14-22)36-17-35-23/h8-14,18,21H,3-7,15-17H2,1-2H3,(H,28,32)/t18-/m1/s1. The van der Waals surface area contributed by atoms with Crippen LogP contribution in [0.1, 0.15) is 44.6 Å². The second-order valence-electron chi connectivity index (χ2n) is 9.47. The van der Waals surface area contributed by atoms with Crippen LogP contribution in [0.3, 0.4) is 0 Å². The lowest BCUT2D eigenvalue weighted by Crippen LogP contribution is -2.52. The lowest BCUT2D eigenvalue weighted by atomic mass is 9.95. The molecule has 2 aliphatic rings. The monoisotopic (exact) mass is 549 g/mol. The predicted molar refractivity (Wildman–Crippen MR) is 141 cm³/mol. The van der Waals surface area contributed by atoms with Crippen molar-refractivity contribution in [1.82, 2.24) is 10.2 Å². The Morgan fingerprint density at radius 1 is 1.05 bits per heavy atom. The number of nitrogens with one attached hydrogen (secondary N) is 1. The van der Waals surface area contributed by atoms with Crippen molar-refractivity contribution >= 4 is 39.1 Å². The van der Waals surface area contributed by atoms with Gasteiger partial charge in [-0.05, 0) is 49.6 Å². The Labute approximate surface area is 222 Å². The minimum Gasteiger partial charge on any atom is -0.454 e. The summed E-state index contributed by atoms with van der Waals surface area (Å²) in [5.41, 5.74) is 1.04. The first kappa shape index (κ1) is 27.1. The maximum atomic E-state index is 13.7. The highest BCUT2D eigenvalue weighted by Gasteiger charge is 2.31. The minimum absolute atomic E-state index is 0.0408. The van der Waals surface area contributed by atoms with Crippen molar-refractivity contribution in [1.29, 1.82) is 0 Å². The highest BCUT2D eigenvalue weighted by molar-refractivity contribution is 7.92. The maximum absolute atomic E-state index is 13.7. The third-order valence-corrected chi connectivity index (χ3v) is 8.10. The Kier molecular flexibility index (Phi) is 8.49. The second kappa shape index (κ2) is 11.6. The van der Waals surface area contributed by atoms with Crippen molar-refractivity contribution < 1.29 is 27.5 Å². The minimum atomic E-state index is -3.84. The number of fused-ring (bicyclic) bond motifs is 1. The number of amides is 2. The van der Waals surface area contributed by atoms with Gasteiger partial charge in [0.05, 0.1) is 11.9 Å². The van der Waals surface area contributed by atoms with E-state index in [4.69, 9.17) is 21.1 Å². The molecule has 1 aliphatic carbocycles. The Morgan fingerprint density at radius 3 is 2.41 bits per heavy atom. The smallest absolute Gasteiger partial charge is 0.244 e. The fourth-order valence-corrected chi connectivity index (χ4v) is 5.56. The van der Waals surface area contributed by atoms with E-state index in [1.54, 1.807) is 43.3 Å². The molecule has 200 valence electrons. The largest absolute Gasteiger partial charge is 0.454 e. The second-order valence-corrected chi connectivity index (χ2v) is 11.8. The third kappa shape index (κ3) is 6.87. The molecule has 0 unspecified atom stereocenters. The molecule has 0 spiro atoms. The van der Waals surface area contributed by atoms with Gasteiger partial charge >= 0.3 is 0 Å². The summed E-state index contributed by atoms with van der Waals surface area (Å²) in [6.07, 6.45) is 6.14. The van der Waals surface area contributed by atoms with Crippen LogP contribution in [0.25, 0.3) is 0 Å². The van der Waals surface area contributed by atoms with Gasteiger partial charge in [-0.2, -0.15) is 0 Å². The van der Waals surface area contributed by atoms with E-state index in [-0.39, 0.29) is 31.0 Å². The number of carbonyl (C=O) groups is 2. The van der Waals surface area contributed by atoms with Crippen LogP contribution in [-0.2, 0) is 26.2 Å². The number of hydrogen-bond acceptors (Lipinski definition) is 6. The van der Waals surface area contributed by atoms with Gasteiger partial charge in [-0.1, -0.05) is 43.0 Å². The van der Waals surface area contributed by atoms with Gasteiger partial charge in [0.25, 0.3) is 0 Å². The molecule has 1 saturated carbocycles. The summed E-state index contributed by atoms with van der Waals surface area (Å²) in [5, 5.41) is 3.63. The van der Waals surface area contributed by atoms with E-state index in [0.717, 1.165) is 48.2 Å². The Balaban J connectivity index is 1.58. The number of carbonyl (C=O) groups excluding carboxylic acids is 2. The molecule has 1 aliphatic heterocycles. The van der Waals surface area contributed by atoms with Gasteiger partial charge in [0.1, 0.15) is 12.6 Å². The summed E-state index contributed by atoms with van der Waals surface area (Å²) in [6, 6.07) is 10.9. The molecular weight excluding hydrogens is 518 g/mol. The third-order valence-electron chi connectivity index (χ3n) is 6.71. The van der Waals surface area contributed by atoms with E-state index < -0.39 is 28.5 Å². The van der Waals surface area contributed by atoms with Gasteiger partial charge in [-0.3, -0.25) is 13.9 Å². The molecule has 9 nitrogen and oxygen atoms in total. The molecule has 0 saturated heterocycles. The van der Waals surface area contributed by atoms with Crippen LogP contribution >= 0.6 is 11.6 Å². The molecule has 1 fully saturated rings. The Bertz CT molecular complexity index is 1230. The van der Waals surface area contributed by atoms with Crippen LogP contribution in [0.2, 0.25) is 5.02 Å². The summed E-state index contributed by atoms with van der Waals surface area (Å²) in [7, 11) is -3.84. The zero-order valence-electron chi connectivity index (χ0n) is 21.0. The van der Waals surface area contributed by atoms with Gasteiger partial charge in [0.2, 0.25) is 28.6 Å². The van der Waals surface area contributed by atoms with Gasteiger partial charge < -0.3 is 19.7 Å². The van der Waals surface area contributed by atoms with Crippen molar-refractivity contribution in [2.75, 3.05) is 23.9 Å². The predicted octanol–water partition coefficient (Wildman–Crippen LogP) is 3.70. The van der Waals surface area contributed by atoms with Gasteiger partial charge in [-0.25, -0.2) is 8.42 Å². The van der Waals surface area contributed by atoms with E-state index in [2.05, 4.69) is 5.32 Å². The van der Waals surface area contributed by atoms with Crippen molar-refractivity contribution in [2.45, 2.75) is 57.7 Å². The van der Waals surface area contributed by atoms with Crippen molar-refractivity contribution in [2.24, 2.45) is 0 Å². The zero-order valence-corrected chi connectivity index (χ0v) is 22.6. The first-order chi connectivity index (χ1) is 17.6.